The molecule has 3 nitrogen and oxygen atoms in total. The molecule has 1 aromatic carbocycles. The summed E-state index contributed by atoms with van der Waals surface area (Å²) in [5, 5.41) is 2.16. The molecule has 1 amide bonds. The van der Waals surface area contributed by atoms with Crippen LogP contribution in [-0.4, -0.2) is 28.4 Å². The molecule has 0 bridgehead atoms. The third kappa shape index (κ3) is 2.40. The van der Waals surface area contributed by atoms with Gasteiger partial charge in [-0.25, -0.2) is 0 Å². The van der Waals surface area contributed by atoms with E-state index in [0.29, 0.717) is 6.04 Å². The molecule has 20 heavy (non-hydrogen) atoms. The average molecular weight is 268 g/mol. The third-order valence-electron chi connectivity index (χ3n) is 4.25. The quantitative estimate of drug-likeness (QED) is 0.833. The third-order valence-corrected chi connectivity index (χ3v) is 4.25. The van der Waals surface area contributed by atoms with E-state index >= 15 is 0 Å². The Morgan fingerprint density at radius 1 is 1.30 bits per heavy atom. The highest BCUT2D eigenvalue weighted by molar-refractivity contribution is 5.98. The Bertz CT molecular complexity index is 623. The largest absolute Gasteiger partial charge is 0.336 e. The first kappa shape index (κ1) is 13.1. The highest BCUT2D eigenvalue weighted by Gasteiger charge is 2.26. The van der Waals surface area contributed by atoms with Gasteiger partial charge in [-0.2, -0.15) is 0 Å². The first-order chi connectivity index (χ1) is 9.79. The van der Waals surface area contributed by atoms with Crippen molar-refractivity contribution >= 4 is 16.7 Å². The average Bonchev–Trinajstić information content (AvgIpc) is 2.53. The first-order valence-electron chi connectivity index (χ1n) is 7.44. The van der Waals surface area contributed by atoms with Gasteiger partial charge < -0.3 is 4.90 Å². The van der Waals surface area contributed by atoms with Gasteiger partial charge in [0.15, 0.2) is 0 Å². The molecule has 3 rings (SSSR count). The van der Waals surface area contributed by atoms with E-state index in [0.717, 1.165) is 42.1 Å². The minimum Gasteiger partial charge on any atom is -0.336 e. The monoisotopic (exact) mass is 268 g/mol. The number of nitrogens with zero attached hydrogens (tertiary/aromatic N) is 2. The number of likely N-dealkylation sites (tertiary alicyclic amines) is 1. The molecule has 3 heteroatoms. The fourth-order valence-electron chi connectivity index (χ4n) is 3.07. The van der Waals surface area contributed by atoms with Crippen molar-refractivity contribution in [2.45, 2.75) is 38.6 Å². The molecule has 2 aromatic rings. The zero-order valence-corrected chi connectivity index (χ0v) is 11.9. The standard InChI is InChI=1S/C17H20N2O/c1-2-16-5-3-4-10-19(16)17(20)14-6-7-15-12-18-9-8-13(15)11-14/h6-9,11-12,16H,2-5,10H2,1H3. The van der Waals surface area contributed by atoms with Crippen LogP contribution in [0.1, 0.15) is 43.0 Å². The van der Waals surface area contributed by atoms with Crippen molar-refractivity contribution in [1.29, 1.82) is 0 Å². The molecular weight excluding hydrogens is 248 g/mol. The summed E-state index contributed by atoms with van der Waals surface area (Å²) in [5.41, 5.74) is 0.795. The van der Waals surface area contributed by atoms with Crippen LogP contribution in [0.5, 0.6) is 0 Å². The van der Waals surface area contributed by atoms with E-state index in [2.05, 4.69) is 16.8 Å². The predicted molar refractivity (Wildman–Crippen MR) is 80.7 cm³/mol. The number of benzene rings is 1. The number of aromatic nitrogens is 1. The molecule has 1 aromatic heterocycles. The zero-order valence-electron chi connectivity index (χ0n) is 11.9. The second-order valence-electron chi connectivity index (χ2n) is 5.49. The lowest BCUT2D eigenvalue weighted by Crippen LogP contribution is -2.43. The summed E-state index contributed by atoms with van der Waals surface area (Å²) < 4.78 is 0. The maximum Gasteiger partial charge on any atom is 0.254 e. The number of carbonyl (C=O) groups is 1. The Hall–Kier alpha value is -1.90. The molecule has 1 saturated heterocycles. The number of amides is 1. The second-order valence-corrected chi connectivity index (χ2v) is 5.49. The normalized spacial score (nSPS) is 19.2. The summed E-state index contributed by atoms with van der Waals surface area (Å²) in [4.78, 5) is 18.9. The number of pyridine rings is 1. The molecule has 1 aliphatic rings. The number of piperidine rings is 1. The Labute approximate surface area is 119 Å². The van der Waals surface area contributed by atoms with Gasteiger partial charge in [0, 0.05) is 35.9 Å². The van der Waals surface area contributed by atoms with Crippen LogP contribution in [-0.2, 0) is 0 Å². The second kappa shape index (κ2) is 5.61. The molecule has 0 saturated carbocycles. The Morgan fingerprint density at radius 3 is 3.05 bits per heavy atom. The molecule has 104 valence electrons. The number of rotatable bonds is 2. The molecule has 1 aliphatic heterocycles. The fraction of sp³-hybridized carbons (Fsp3) is 0.412. The Balaban J connectivity index is 1.91. The van der Waals surface area contributed by atoms with Gasteiger partial charge in [0.25, 0.3) is 5.91 Å². The lowest BCUT2D eigenvalue weighted by molar-refractivity contribution is 0.0608. The lowest BCUT2D eigenvalue weighted by Gasteiger charge is -2.35. The molecule has 2 heterocycles. The fourth-order valence-corrected chi connectivity index (χ4v) is 3.07. The number of hydrogen-bond donors (Lipinski definition) is 0. The van der Waals surface area contributed by atoms with Crippen LogP contribution >= 0.6 is 0 Å². The minimum absolute atomic E-state index is 0.176. The molecule has 1 fully saturated rings. The molecular formula is C17H20N2O. The lowest BCUT2D eigenvalue weighted by atomic mass is 9.98. The smallest absolute Gasteiger partial charge is 0.254 e. The Morgan fingerprint density at radius 2 is 2.20 bits per heavy atom. The van der Waals surface area contributed by atoms with Crippen molar-refractivity contribution in [1.82, 2.24) is 9.88 Å². The van der Waals surface area contributed by atoms with Crippen molar-refractivity contribution < 1.29 is 4.79 Å². The maximum atomic E-state index is 12.7. The molecule has 0 N–H and O–H groups in total. The first-order valence-corrected chi connectivity index (χ1v) is 7.44. The summed E-state index contributed by atoms with van der Waals surface area (Å²) in [7, 11) is 0. The van der Waals surface area contributed by atoms with Crippen molar-refractivity contribution in [2.75, 3.05) is 6.54 Å². The van der Waals surface area contributed by atoms with Crippen LogP contribution in [0.15, 0.2) is 36.7 Å². The van der Waals surface area contributed by atoms with Gasteiger partial charge in [0.2, 0.25) is 0 Å². The number of fused-ring (bicyclic) bond motifs is 1. The van der Waals surface area contributed by atoms with E-state index in [4.69, 9.17) is 0 Å². The van der Waals surface area contributed by atoms with Crippen LogP contribution in [0.2, 0.25) is 0 Å². The summed E-state index contributed by atoms with van der Waals surface area (Å²) in [6.07, 6.45) is 8.15. The minimum atomic E-state index is 0.176. The van der Waals surface area contributed by atoms with Crippen molar-refractivity contribution in [3.8, 4) is 0 Å². The van der Waals surface area contributed by atoms with E-state index in [1.807, 2.05) is 30.5 Å². The predicted octanol–water partition coefficient (Wildman–Crippen LogP) is 3.64. The summed E-state index contributed by atoms with van der Waals surface area (Å²) in [6.45, 7) is 3.06. The summed E-state index contributed by atoms with van der Waals surface area (Å²) >= 11 is 0. The van der Waals surface area contributed by atoms with Crippen LogP contribution in [0.3, 0.4) is 0 Å². The van der Waals surface area contributed by atoms with Crippen molar-refractivity contribution in [3.05, 3.63) is 42.2 Å². The highest BCUT2D eigenvalue weighted by atomic mass is 16.2. The van der Waals surface area contributed by atoms with E-state index in [1.54, 1.807) is 6.20 Å². The van der Waals surface area contributed by atoms with E-state index in [-0.39, 0.29) is 5.91 Å². The van der Waals surface area contributed by atoms with Crippen LogP contribution in [0, 0.1) is 0 Å². The van der Waals surface area contributed by atoms with Gasteiger partial charge in [0.1, 0.15) is 0 Å². The van der Waals surface area contributed by atoms with Gasteiger partial charge in [0.05, 0.1) is 0 Å². The molecule has 0 spiro atoms. The molecule has 0 radical (unpaired) electrons. The zero-order chi connectivity index (χ0) is 13.9. The highest BCUT2D eigenvalue weighted by Crippen LogP contribution is 2.23. The van der Waals surface area contributed by atoms with Gasteiger partial charge >= 0.3 is 0 Å². The SMILES string of the molecule is CCC1CCCCN1C(=O)c1ccc2cnccc2c1. The summed E-state index contributed by atoms with van der Waals surface area (Å²) in [6, 6.07) is 8.26. The van der Waals surface area contributed by atoms with Gasteiger partial charge in [-0.15, -0.1) is 0 Å². The number of hydrogen-bond acceptors (Lipinski definition) is 2. The van der Waals surface area contributed by atoms with E-state index < -0.39 is 0 Å². The summed E-state index contributed by atoms with van der Waals surface area (Å²) in [5.74, 6) is 0.176. The molecule has 1 unspecified atom stereocenters. The van der Waals surface area contributed by atoms with Gasteiger partial charge in [-0.05, 0) is 49.3 Å². The van der Waals surface area contributed by atoms with Gasteiger partial charge in [-0.3, -0.25) is 9.78 Å². The molecule has 1 atom stereocenters. The topological polar surface area (TPSA) is 33.2 Å². The van der Waals surface area contributed by atoms with Crippen LogP contribution in [0.4, 0.5) is 0 Å². The molecule has 0 aliphatic carbocycles. The van der Waals surface area contributed by atoms with Crippen molar-refractivity contribution in [2.24, 2.45) is 0 Å². The van der Waals surface area contributed by atoms with E-state index in [9.17, 15) is 4.79 Å². The van der Waals surface area contributed by atoms with E-state index in [1.165, 1.54) is 6.42 Å². The van der Waals surface area contributed by atoms with Gasteiger partial charge in [-0.1, -0.05) is 13.0 Å². The van der Waals surface area contributed by atoms with Crippen molar-refractivity contribution in [3.63, 3.8) is 0 Å². The number of carbonyl (C=O) groups excluding carboxylic acids is 1. The Kier molecular flexibility index (Phi) is 3.68. The van der Waals surface area contributed by atoms with Crippen LogP contribution < -0.4 is 0 Å². The maximum absolute atomic E-state index is 12.7. The van der Waals surface area contributed by atoms with Crippen LogP contribution in [0.25, 0.3) is 10.8 Å².